The number of aryl methyl sites for hydroxylation is 2. The van der Waals surface area contributed by atoms with Gasteiger partial charge in [-0.1, -0.05) is 36.4 Å². The van der Waals surface area contributed by atoms with Gasteiger partial charge in [0.15, 0.2) is 11.8 Å². The first-order chi connectivity index (χ1) is 14.2. The first kappa shape index (κ1) is 17.2. The van der Waals surface area contributed by atoms with Crippen LogP contribution in [0.1, 0.15) is 11.1 Å². The van der Waals surface area contributed by atoms with E-state index >= 15 is 0 Å². The minimum absolute atomic E-state index is 0.578. The Morgan fingerprint density at radius 2 is 1.66 bits per heavy atom. The van der Waals surface area contributed by atoms with Gasteiger partial charge in [-0.25, -0.2) is 4.57 Å². The summed E-state index contributed by atoms with van der Waals surface area (Å²) in [5, 5.41) is 11.9. The molecule has 0 spiro atoms. The number of pyridine rings is 1. The molecule has 5 aromatic rings. The Bertz CT molecular complexity index is 1420. The first-order valence-corrected chi connectivity index (χ1v) is 9.58. The van der Waals surface area contributed by atoms with E-state index in [0.717, 1.165) is 44.3 Å². The van der Waals surface area contributed by atoms with Crippen LogP contribution in [0.5, 0.6) is 0 Å². The molecule has 0 unspecified atom stereocenters. The zero-order valence-electron chi connectivity index (χ0n) is 16.3. The maximum absolute atomic E-state index is 9.91. The van der Waals surface area contributed by atoms with Crippen LogP contribution in [0.4, 0.5) is 0 Å². The SMILES string of the molecule is Cc1cc2oc3c(C#N)c(-c4ccccc4)ccc3c2cc1-c1cccc[n+]1C. The highest BCUT2D eigenvalue weighted by atomic mass is 16.3. The van der Waals surface area contributed by atoms with Gasteiger partial charge in [-0.3, -0.25) is 0 Å². The molecule has 3 aromatic carbocycles. The number of furan rings is 1. The van der Waals surface area contributed by atoms with Crippen molar-refractivity contribution < 1.29 is 8.98 Å². The van der Waals surface area contributed by atoms with E-state index in [9.17, 15) is 5.26 Å². The fourth-order valence-corrected chi connectivity index (χ4v) is 4.04. The van der Waals surface area contributed by atoms with Crippen LogP contribution in [0, 0.1) is 18.3 Å². The van der Waals surface area contributed by atoms with Gasteiger partial charge in [-0.15, -0.1) is 0 Å². The highest BCUT2D eigenvalue weighted by molar-refractivity contribution is 6.09. The lowest BCUT2D eigenvalue weighted by molar-refractivity contribution is -0.660. The van der Waals surface area contributed by atoms with Crippen LogP contribution in [-0.2, 0) is 7.05 Å². The molecule has 0 fully saturated rings. The number of aromatic nitrogens is 1. The summed E-state index contributed by atoms with van der Waals surface area (Å²) in [5.41, 5.74) is 7.39. The van der Waals surface area contributed by atoms with Crippen LogP contribution in [0.15, 0.2) is 83.4 Å². The molecule has 29 heavy (non-hydrogen) atoms. The molecule has 0 N–H and O–H groups in total. The number of nitriles is 1. The maximum atomic E-state index is 9.91. The van der Waals surface area contributed by atoms with Crippen LogP contribution in [0.2, 0.25) is 0 Å². The van der Waals surface area contributed by atoms with Crippen LogP contribution in [-0.4, -0.2) is 0 Å². The molecule has 0 bridgehead atoms. The van der Waals surface area contributed by atoms with Crippen molar-refractivity contribution in [2.24, 2.45) is 7.05 Å². The van der Waals surface area contributed by atoms with Gasteiger partial charge < -0.3 is 4.42 Å². The second kappa shape index (κ2) is 6.61. The molecule has 0 aliphatic heterocycles. The summed E-state index contributed by atoms with van der Waals surface area (Å²) in [6, 6.07) is 26.9. The molecule has 0 aliphatic rings. The third-order valence-electron chi connectivity index (χ3n) is 5.51. The monoisotopic (exact) mass is 375 g/mol. The summed E-state index contributed by atoms with van der Waals surface area (Å²) in [5.74, 6) is 0. The van der Waals surface area contributed by atoms with Crippen molar-refractivity contribution in [3.8, 4) is 28.5 Å². The molecular weight excluding hydrogens is 356 g/mol. The Labute approximate surface area is 169 Å². The summed E-state index contributed by atoms with van der Waals surface area (Å²) >= 11 is 0. The maximum Gasteiger partial charge on any atom is 0.212 e. The van der Waals surface area contributed by atoms with Gasteiger partial charge in [0.1, 0.15) is 24.3 Å². The van der Waals surface area contributed by atoms with Gasteiger partial charge >= 0.3 is 0 Å². The van der Waals surface area contributed by atoms with E-state index in [-0.39, 0.29) is 0 Å². The van der Waals surface area contributed by atoms with Crippen molar-refractivity contribution >= 4 is 21.9 Å². The fraction of sp³-hybridized carbons (Fsp3) is 0.0769. The lowest BCUT2D eigenvalue weighted by Gasteiger charge is -2.05. The number of rotatable bonds is 2. The predicted octanol–water partition coefficient (Wildman–Crippen LogP) is 5.92. The summed E-state index contributed by atoms with van der Waals surface area (Å²) in [4.78, 5) is 0. The average molecular weight is 375 g/mol. The largest absolute Gasteiger partial charge is 0.455 e. The second-order valence-corrected chi connectivity index (χ2v) is 7.30. The zero-order valence-corrected chi connectivity index (χ0v) is 16.3. The Kier molecular flexibility index (Phi) is 3.93. The van der Waals surface area contributed by atoms with Crippen molar-refractivity contribution in [3.63, 3.8) is 0 Å². The fourth-order valence-electron chi connectivity index (χ4n) is 4.04. The van der Waals surface area contributed by atoms with Gasteiger partial charge in [0.2, 0.25) is 5.69 Å². The Balaban J connectivity index is 1.81. The van der Waals surface area contributed by atoms with Crippen molar-refractivity contribution in [3.05, 3.63) is 90.1 Å². The molecule has 0 saturated heterocycles. The quantitative estimate of drug-likeness (QED) is 0.359. The standard InChI is InChI=1S/C26H19N2O/c1-17-14-25-22(15-21(17)24-10-6-7-13-28(24)2)20-12-11-19(18-8-4-3-5-9-18)23(16-27)26(20)29-25/h3-15H,1-2H3/q+1. The number of nitrogens with zero attached hydrogens (tertiary/aromatic N) is 2. The molecule has 0 atom stereocenters. The molecule has 2 heterocycles. The molecule has 2 aromatic heterocycles. The normalized spacial score (nSPS) is 11.1. The number of hydrogen-bond donors (Lipinski definition) is 0. The molecule has 0 radical (unpaired) electrons. The minimum Gasteiger partial charge on any atom is -0.455 e. The van der Waals surface area contributed by atoms with Gasteiger partial charge in [0.25, 0.3) is 0 Å². The lowest BCUT2D eigenvalue weighted by Crippen LogP contribution is -2.30. The highest BCUT2D eigenvalue weighted by Crippen LogP contribution is 2.38. The molecular formula is C26H19N2O+. The summed E-state index contributed by atoms with van der Waals surface area (Å²) in [7, 11) is 2.05. The number of benzene rings is 3. The van der Waals surface area contributed by atoms with Crippen molar-refractivity contribution in [1.82, 2.24) is 0 Å². The summed E-state index contributed by atoms with van der Waals surface area (Å²) < 4.78 is 8.32. The minimum atomic E-state index is 0.578. The smallest absolute Gasteiger partial charge is 0.212 e. The molecule has 5 rings (SSSR count). The van der Waals surface area contributed by atoms with Gasteiger partial charge in [-0.2, -0.15) is 5.26 Å². The average Bonchev–Trinajstić information content (AvgIpc) is 3.11. The number of hydrogen-bond acceptors (Lipinski definition) is 2. The predicted molar refractivity (Wildman–Crippen MR) is 115 cm³/mol. The van der Waals surface area contributed by atoms with Crippen LogP contribution >= 0.6 is 0 Å². The van der Waals surface area contributed by atoms with Gasteiger partial charge in [0, 0.05) is 34.0 Å². The van der Waals surface area contributed by atoms with E-state index in [1.165, 1.54) is 0 Å². The molecule has 3 heteroatoms. The van der Waals surface area contributed by atoms with E-state index < -0.39 is 0 Å². The van der Waals surface area contributed by atoms with E-state index in [1.807, 2.05) is 61.8 Å². The third-order valence-corrected chi connectivity index (χ3v) is 5.51. The van der Waals surface area contributed by atoms with E-state index in [1.54, 1.807) is 0 Å². The number of fused-ring (bicyclic) bond motifs is 3. The molecule has 0 aliphatic carbocycles. The van der Waals surface area contributed by atoms with E-state index in [0.29, 0.717) is 11.1 Å². The molecule has 0 saturated carbocycles. The topological polar surface area (TPSA) is 40.8 Å². The zero-order chi connectivity index (χ0) is 20.0. The molecule has 3 nitrogen and oxygen atoms in total. The summed E-state index contributed by atoms with van der Waals surface area (Å²) in [6.07, 6.45) is 2.05. The highest BCUT2D eigenvalue weighted by Gasteiger charge is 2.19. The van der Waals surface area contributed by atoms with Crippen LogP contribution in [0.25, 0.3) is 44.3 Å². The van der Waals surface area contributed by atoms with Crippen molar-refractivity contribution in [2.75, 3.05) is 0 Å². The summed E-state index contributed by atoms with van der Waals surface area (Å²) in [6.45, 7) is 2.09. The van der Waals surface area contributed by atoms with Gasteiger partial charge in [-0.05, 0) is 42.3 Å². The third kappa shape index (κ3) is 2.69. The van der Waals surface area contributed by atoms with Crippen molar-refractivity contribution in [1.29, 1.82) is 5.26 Å². The first-order valence-electron chi connectivity index (χ1n) is 9.58. The van der Waals surface area contributed by atoms with Gasteiger partial charge in [0.05, 0.1) is 0 Å². The van der Waals surface area contributed by atoms with E-state index in [2.05, 4.69) is 41.8 Å². The van der Waals surface area contributed by atoms with Crippen LogP contribution in [0.3, 0.4) is 0 Å². The van der Waals surface area contributed by atoms with Crippen LogP contribution < -0.4 is 4.57 Å². The Morgan fingerprint density at radius 3 is 2.41 bits per heavy atom. The van der Waals surface area contributed by atoms with E-state index in [4.69, 9.17) is 4.42 Å². The Hall–Kier alpha value is -3.90. The van der Waals surface area contributed by atoms with Crippen molar-refractivity contribution in [2.45, 2.75) is 6.92 Å². The second-order valence-electron chi connectivity index (χ2n) is 7.30. The molecule has 0 amide bonds. The lowest BCUT2D eigenvalue weighted by atomic mass is 9.96. The molecule has 138 valence electrons. The Morgan fingerprint density at radius 1 is 0.862 bits per heavy atom.